The first-order valence-electron chi connectivity index (χ1n) is 7.64. The van der Waals surface area contributed by atoms with Gasteiger partial charge >= 0.3 is 0 Å². The van der Waals surface area contributed by atoms with Crippen molar-refractivity contribution in [1.82, 2.24) is 9.88 Å². The zero-order chi connectivity index (χ0) is 15.1. The van der Waals surface area contributed by atoms with E-state index in [1.807, 2.05) is 29.4 Å². The van der Waals surface area contributed by atoms with Crippen LogP contribution < -0.4 is 0 Å². The Morgan fingerprint density at radius 2 is 2.19 bits per heavy atom. The number of carbonyl (C=O) groups is 1. The molecule has 21 heavy (non-hydrogen) atoms. The molecule has 1 aliphatic rings. The Labute approximate surface area is 131 Å². The molecule has 3 nitrogen and oxygen atoms in total. The Bertz CT molecular complexity index is 466. The van der Waals surface area contributed by atoms with Crippen LogP contribution in [-0.2, 0) is 0 Å². The number of hydrogen-bond donors (Lipinski definition) is 0. The van der Waals surface area contributed by atoms with Crippen molar-refractivity contribution in [3.05, 3.63) is 36.5 Å². The number of rotatable bonds is 6. The third-order valence-corrected chi connectivity index (χ3v) is 4.69. The third-order valence-electron chi connectivity index (χ3n) is 4.03. The zero-order valence-electron chi connectivity index (χ0n) is 12.8. The van der Waals surface area contributed by atoms with Gasteiger partial charge in [-0.3, -0.25) is 4.79 Å². The highest BCUT2D eigenvalue weighted by molar-refractivity contribution is 7.98. The summed E-state index contributed by atoms with van der Waals surface area (Å²) in [6.07, 6.45) is 11.9. The third kappa shape index (κ3) is 4.60. The summed E-state index contributed by atoms with van der Waals surface area (Å²) in [6, 6.07) is 3.78. The van der Waals surface area contributed by atoms with Gasteiger partial charge in [0, 0.05) is 19.3 Å². The molecule has 1 aliphatic carbocycles. The van der Waals surface area contributed by atoms with Gasteiger partial charge in [0.05, 0.1) is 10.6 Å². The maximum atomic E-state index is 12.6. The van der Waals surface area contributed by atoms with Crippen LogP contribution in [0.2, 0.25) is 0 Å². The number of nitrogens with zero attached hydrogens (tertiary/aromatic N) is 2. The van der Waals surface area contributed by atoms with Crippen LogP contribution in [0.4, 0.5) is 0 Å². The summed E-state index contributed by atoms with van der Waals surface area (Å²) in [5.41, 5.74) is 0.672. The Kier molecular flexibility index (Phi) is 6.30. The summed E-state index contributed by atoms with van der Waals surface area (Å²) >= 11 is 1.58. The zero-order valence-corrected chi connectivity index (χ0v) is 13.6. The van der Waals surface area contributed by atoms with Crippen molar-refractivity contribution >= 4 is 17.7 Å². The summed E-state index contributed by atoms with van der Waals surface area (Å²) in [4.78, 5) is 18.9. The summed E-state index contributed by atoms with van der Waals surface area (Å²) < 4.78 is 0. The van der Waals surface area contributed by atoms with Crippen LogP contribution in [0.1, 0.15) is 42.5 Å². The summed E-state index contributed by atoms with van der Waals surface area (Å²) in [5.74, 6) is 0.710. The average Bonchev–Trinajstić information content (AvgIpc) is 2.55. The summed E-state index contributed by atoms with van der Waals surface area (Å²) in [6.45, 7) is 5.24. The van der Waals surface area contributed by atoms with E-state index in [0.717, 1.165) is 11.6 Å². The lowest BCUT2D eigenvalue weighted by atomic mass is 9.89. The van der Waals surface area contributed by atoms with Crippen LogP contribution in [0.3, 0.4) is 0 Å². The Morgan fingerprint density at radius 3 is 2.76 bits per heavy atom. The molecule has 0 radical (unpaired) electrons. The van der Waals surface area contributed by atoms with E-state index in [9.17, 15) is 4.79 Å². The molecule has 0 N–H and O–H groups in total. The van der Waals surface area contributed by atoms with Gasteiger partial charge in [0.15, 0.2) is 0 Å². The fourth-order valence-corrected chi connectivity index (χ4v) is 3.25. The largest absolute Gasteiger partial charge is 0.335 e. The monoisotopic (exact) mass is 304 g/mol. The van der Waals surface area contributed by atoms with Crippen molar-refractivity contribution in [2.45, 2.75) is 37.1 Å². The smallest absolute Gasteiger partial charge is 0.255 e. The van der Waals surface area contributed by atoms with Gasteiger partial charge < -0.3 is 4.90 Å². The summed E-state index contributed by atoms with van der Waals surface area (Å²) in [5, 5.41) is 0.939. The molecule has 114 valence electrons. The lowest BCUT2D eigenvalue weighted by Crippen LogP contribution is -2.36. The molecular weight excluding hydrogens is 280 g/mol. The predicted octanol–water partition coefficient (Wildman–Crippen LogP) is 4.01. The second-order valence-electron chi connectivity index (χ2n) is 5.59. The van der Waals surface area contributed by atoms with Crippen LogP contribution in [0.25, 0.3) is 0 Å². The van der Waals surface area contributed by atoms with E-state index < -0.39 is 0 Å². The highest BCUT2D eigenvalue weighted by atomic mass is 32.2. The van der Waals surface area contributed by atoms with Crippen molar-refractivity contribution in [2.75, 3.05) is 19.3 Å². The molecule has 0 spiro atoms. The minimum atomic E-state index is 0.0700. The van der Waals surface area contributed by atoms with E-state index in [4.69, 9.17) is 0 Å². The van der Waals surface area contributed by atoms with Gasteiger partial charge in [0.1, 0.15) is 0 Å². The number of pyridine rings is 1. The number of thioether (sulfide) groups is 1. The average molecular weight is 304 g/mol. The quantitative estimate of drug-likeness (QED) is 0.588. The van der Waals surface area contributed by atoms with E-state index in [-0.39, 0.29) is 5.91 Å². The molecule has 1 fully saturated rings. The molecule has 0 bridgehead atoms. The predicted molar refractivity (Wildman–Crippen MR) is 88.7 cm³/mol. The number of hydrogen-bond acceptors (Lipinski definition) is 3. The first-order chi connectivity index (χ1) is 10.2. The highest BCUT2D eigenvalue weighted by Crippen LogP contribution is 2.25. The summed E-state index contributed by atoms with van der Waals surface area (Å²) in [7, 11) is 0. The van der Waals surface area contributed by atoms with Gasteiger partial charge in [0.2, 0.25) is 0 Å². The molecule has 1 aromatic heterocycles. The first kappa shape index (κ1) is 16.1. The van der Waals surface area contributed by atoms with Crippen molar-refractivity contribution in [3.8, 4) is 0 Å². The lowest BCUT2D eigenvalue weighted by molar-refractivity contribution is 0.0735. The maximum absolute atomic E-state index is 12.6. The van der Waals surface area contributed by atoms with E-state index in [1.165, 1.54) is 32.1 Å². The van der Waals surface area contributed by atoms with Gasteiger partial charge in [-0.15, -0.1) is 18.3 Å². The van der Waals surface area contributed by atoms with Crippen molar-refractivity contribution < 1.29 is 4.79 Å². The Hall–Kier alpha value is -1.29. The van der Waals surface area contributed by atoms with Gasteiger partial charge in [-0.25, -0.2) is 4.98 Å². The molecule has 2 rings (SSSR count). The van der Waals surface area contributed by atoms with Crippen LogP contribution in [0.15, 0.2) is 36.0 Å². The van der Waals surface area contributed by atoms with Gasteiger partial charge in [-0.1, -0.05) is 25.3 Å². The molecule has 4 heteroatoms. The van der Waals surface area contributed by atoms with Crippen LogP contribution in [0.5, 0.6) is 0 Å². The van der Waals surface area contributed by atoms with Gasteiger partial charge in [-0.05, 0) is 37.1 Å². The minimum absolute atomic E-state index is 0.0700. The molecule has 1 heterocycles. The molecule has 1 amide bonds. The maximum Gasteiger partial charge on any atom is 0.255 e. The van der Waals surface area contributed by atoms with Gasteiger partial charge in [0.25, 0.3) is 5.91 Å². The molecular formula is C17H24N2OS. The molecule has 0 aromatic carbocycles. The number of amides is 1. The molecule has 0 unspecified atom stereocenters. The SMILES string of the molecule is C=CCN(CC1CCCCC1)C(=O)c1ccc(SC)nc1. The second kappa shape index (κ2) is 8.23. The van der Waals surface area contributed by atoms with E-state index in [2.05, 4.69) is 11.6 Å². The lowest BCUT2D eigenvalue weighted by Gasteiger charge is -2.29. The minimum Gasteiger partial charge on any atom is -0.335 e. The first-order valence-corrected chi connectivity index (χ1v) is 8.87. The second-order valence-corrected chi connectivity index (χ2v) is 6.42. The number of carbonyl (C=O) groups excluding carboxylic acids is 1. The van der Waals surface area contributed by atoms with Crippen LogP contribution in [-0.4, -0.2) is 35.1 Å². The Morgan fingerprint density at radius 1 is 1.43 bits per heavy atom. The van der Waals surface area contributed by atoms with Gasteiger partial charge in [-0.2, -0.15) is 0 Å². The number of aromatic nitrogens is 1. The molecule has 1 aromatic rings. The highest BCUT2D eigenvalue weighted by Gasteiger charge is 2.21. The molecule has 0 saturated heterocycles. The topological polar surface area (TPSA) is 33.2 Å². The van der Waals surface area contributed by atoms with Crippen molar-refractivity contribution in [3.63, 3.8) is 0 Å². The fourth-order valence-electron chi connectivity index (χ4n) is 2.89. The normalized spacial score (nSPS) is 15.7. The molecule has 0 atom stereocenters. The molecule has 0 aliphatic heterocycles. The fraction of sp³-hybridized carbons (Fsp3) is 0.529. The van der Waals surface area contributed by atoms with E-state index in [0.29, 0.717) is 18.0 Å². The van der Waals surface area contributed by atoms with Crippen molar-refractivity contribution in [1.29, 1.82) is 0 Å². The van der Waals surface area contributed by atoms with Crippen molar-refractivity contribution in [2.24, 2.45) is 5.92 Å². The standard InChI is InChI=1S/C17H24N2OS/c1-3-11-19(13-14-7-5-4-6-8-14)17(20)15-9-10-16(21-2)18-12-15/h3,9-10,12,14H,1,4-8,11,13H2,2H3. The van der Waals surface area contributed by atoms with E-state index in [1.54, 1.807) is 18.0 Å². The van der Waals surface area contributed by atoms with E-state index >= 15 is 0 Å². The molecule has 1 saturated carbocycles. The Balaban J connectivity index is 2.04. The van der Waals surface area contributed by atoms with Crippen LogP contribution in [0, 0.1) is 5.92 Å². The van der Waals surface area contributed by atoms with Crippen LogP contribution >= 0.6 is 11.8 Å².